The highest BCUT2D eigenvalue weighted by Crippen LogP contribution is 2.37. The summed E-state index contributed by atoms with van der Waals surface area (Å²) in [4.78, 5) is 0. The zero-order valence-electron chi connectivity index (χ0n) is 8.32. The summed E-state index contributed by atoms with van der Waals surface area (Å²) in [6.07, 6.45) is 3.70. The average molecular weight is 248 g/mol. The number of phenols is 1. The molecule has 15 heavy (non-hydrogen) atoms. The molecule has 1 aromatic rings. The van der Waals surface area contributed by atoms with Crippen LogP contribution in [-0.4, -0.2) is 5.11 Å². The molecule has 2 nitrogen and oxygen atoms in total. The largest absolute Gasteiger partial charge is 0.506 e. The van der Waals surface area contributed by atoms with Gasteiger partial charge in [-0.05, 0) is 36.5 Å². The Labute approximate surface area is 101 Å². The number of hydrogen-bond donors (Lipinski definition) is 2. The lowest BCUT2D eigenvalue weighted by atomic mass is 9.77. The van der Waals surface area contributed by atoms with Crippen molar-refractivity contribution in [3.05, 3.63) is 28.8 Å². The Bertz CT molecular complexity index is 339. The van der Waals surface area contributed by atoms with Crippen molar-refractivity contribution in [1.82, 2.24) is 0 Å². The Morgan fingerprint density at radius 3 is 2.53 bits per heavy atom. The molecule has 0 spiro atoms. The zero-order chi connectivity index (χ0) is 10.1. The van der Waals surface area contributed by atoms with E-state index in [2.05, 4.69) is 0 Å². The Morgan fingerprint density at radius 1 is 1.40 bits per heavy atom. The van der Waals surface area contributed by atoms with Crippen LogP contribution in [0.5, 0.6) is 5.75 Å². The molecule has 1 fully saturated rings. The van der Waals surface area contributed by atoms with Gasteiger partial charge in [0.2, 0.25) is 0 Å². The third kappa shape index (κ3) is 2.57. The number of benzene rings is 1. The summed E-state index contributed by atoms with van der Waals surface area (Å²) in [7, 11) is 0. The van der Waals surface area contributed by atoms with Crippen LogP contribution in [0.25, 0.3) is 0 Å². The second kappa shape index (κ2) is 5.06. The van der Waals surface area contributed by atoms with Gasteiger partial charge in [-0.2, -0.15) is 0 Å². The van der Waals surface area contributed by atoms with Gasteiger partial charge in [0.1, 0.15) is 5.75 Å². The van der Waals surface area contributed by atoms with Crippen molar-refractivity contribution < 1.29 is 5.11 Å². The molecule has 0 heterocycles. The molecule has 4 heteroatoms. The highest BCUT2D eigenvalue weighted by atomic mass is 35.5. The first-order valence-electron chi connectivity index (χ1n) is 4.92. The van der Waals surface area contributed by atoms with Crippen LogP contribution in [-0.2, 0) is 0 Å². The number of hydrogen-bond acceptors (Lipinski definition) is 2. The van der Waals surface area contributed by atoms with E-state index in [0.717, 1.165) is 5.56 Å². The monoisotopic (exact) mass is 247 g/mol. The van der Waals surface area contributed by atoms with E-state index in [-0.39, 0.29) is 24.2 Å². The third-order valence-corrected chi connectivity index (χ3v) is 3.32. The van der Waals surface area contributed by atoms with Gasteiger partial charge >= 0.3 is 0 Å². The first kappa shape index (κ1) is 12.6. The lowest BCUT2D eigenvalue weighted by molar-refractivity contribution is 0.264. The molecule has 0 aromatic heterocycles. The molecule has 84 valence electrons. The van der Waals surface area contributed by atoms with E-state index in [9.17, 15) is 5.11 Å². The van der Waals surface area contributed by atoms with Crippen molar-refractivity contribution in [3.8, 4) is 5.75 Å². The minimum Gasteiger partial charge on any atom is -0.506 e. The summed E-state index contributed by atoms with van der Waals surface area (Å²) in [5, 5.41) is 9.65. The van der Waals surface area contributed by atoms with E-state index in [4.69, 9.17) is 17.3 Å². The van der Waals surface area contributed by atoms with Crippen molar-refractivity contribution in [2.75, 3.05) is 0 Å². The van der Waals surface area contributed by atoms with Crippen molar-refractivity contribution in [2.24, 2.45) is 11.7 Å². The second-order valence-corrected chi connectivity index (χ2v) is 4.33. The van der Waals surface area contributed by atoms with Crippen LogP contribution >= 0.6 is 24.0 Å². The zero-order valence-corrected chi connectivity index (χ0v) is 9.89. The Morgan fingerprint density at radius 2 is 2.07 bits per heavy atom. The molecule has 0 amide bonds. The van der Waals surface area contributed by atoms with Crippen molar-refractivity contribution in [2.45, 2.75) is 25.3 Å². The summed E-state index contributed by atoms with van der Waals surface area (Å²) in [6, 6.07) is 5.29. The van der Waals surface area contributed by atoms with E-state index in [1.807, 2.05) is 6.07 Å². The molecule has 1 aromatic carbocycles. The fourth-order valence-electron chi connectivity index (χ4n) is 1.80. The molecule has 0 saturated heterocycles. The molecular formula is C11H15Cl2NO. The van der Waals surface area contributed by atoms with Gasteiger partial charge in [0.05, 0.1) is 5.02 Å². The minimum atomic E-state index is 0. The van der Waals surface area contributed by atoms with E-state index in [0.29, 0.717) is 10.9 Å². The summed E-state index contributed by atoms with van der Waals surface area (Å²) in [5.41, 5.74) is 7.10. The van der Waals surface area contributed by atoms with E-state index in [1.54, 1.807) is 12.1 Å². The number of halogens is 2. The maximum absolute atomic E-state index is 9.26. The highest BCUT2D eigenvalue weighted by molar-refractivity contribution is 6.32. The number of nitrogens with two attached hydrogens (primary N) is 1. The maximum atomic E-state index is 9.26. The van der Waals surface area contributed by atoms with Crippen molar-refractivity contribution in [3.63, 3.8) is 0 Å². The van der Waals surface area contributed by atoms with E-state index < -0.39 is 0 Å². The van der Waals surface area contributed by atoms with Crippen LogP contribution in [0, 0.1) is 5.92 Å². The molecule has 1 saturated carbocycles. The van der Waals surface area contributed by atoms with E-state index in [1.165, 1.54) is 19.3 Å². The standard InChI is InChI=1S/C11H14ClNO.ClH/c12-9-6-8(4-5-10(9)14)11(13)7-2-1-3-7;/h4-7,11,14H,1-3,13H2;1H/t11-;/m0./s1. The molecule has 0 unspecified atom stereocenters. The first-order chi connectivity index (χ1) is 6.68. The van der Waals surface area contributed by atoms with Crippen LogP contribution < -0.4 is 5.73 Å². The molecule has 3 N–H and O–H groups in total. The molecule has 0 aliphatic heterocycles. The molecule has 1 aliphatic rings. The highest BCUT2D eigenvalue weighted by Gasteiger charge is 2.25. The summed E-state index contributed by atoms with van der Waals surface area (Å²) >= 11 is 5.82. The number of rotatable bonds is 2. The smallest absolute Gasteiger partial charge is 0.134 e. The third-order valence-electron chi connectivity index (χ3n) is 3.01. The predicted molar refractivity (Wildman–Crippen MR) is 64.6 cm³/mol. The average Bonchev–Trinajstić information content (AvgIpc) is 2.06. The van der Waals surface area contributed by atoms with Crippen LogP contribution in [0.3, 0.4) is 0 Å². The molecule has 1 aliphatic carbocycles. The van der Waals surface area contributed by atoms with Crippen LogP contribution in [0.1, 0.15) is 30.9 Å². The quantitative estimate of drug-likeness (QED) is 0.843. The Kier molecular flexibility index (Phi) is 4.26. The normalized spacial score (nSPS) is 17.7. The Hall–Kier alpha value is -0.440. The van der Waals surface area contributed by atoms with Gasteiger partial charge < -0.3 is 10.8 Å². The van der Waals surface area contributed by atoms with E-state index >= 15 is 0 Å². The lowest BCUT2D eigenvalue weighted by Crippen LogP contribution is -2.26. The molecule has 0 bridgehead atoms. The van der Waals surface area contributed by atoms with Crippen LogP contribution in [0.15, 0.2) is 18.2 Å². The first-order valence-corrected chi connectivity index (χ1v) is 5.30. The summed E-state index contributed by atoms with van der Waals surface area (Å²) < 4.78 is 0. The molecular weight excluding hydrogens is 233 g/mol. The molecule has 0 radical (unpaired) electrons. The molecule has 2 rings (SSSR count). The summed E-state index contributed by atoms with van der Waals surface area (Å²) in [6.45, 7) is 0. The van der Waals surface area contributed by atoms with Gasteiger partial charge in [0, 0.05) is 6.04 Å². The predicted octanol–water partition coefficient (Wildman–Crippen LogP) is 3.27. The van der Waals surface area contributed by atoms with Crippen molar-refractivity contribution in [1.29, 1.82) is 0 Å². The molecule has 1 atom stereocenters. The maximum Gasteiger partial charge on any atom is 0.134 e. The van der Waals surface area contributed by atoms with Crippen molar-refractivity contribution >= 4 is 24.0 Å². The Balaban J connectivity index is 0.00000112. The lowest BCUT2D eigenvalue weighted by Gasteiger charge is -2.31. The van der Waals surface area contributed by atoms with Gasteiger partial charge in [-0.25, -0.2) is 0 Å². The second-order valence-electron chi connectivity index (χ2n) is 3.93. The van der Waals surface area contributed by atoms with Gasteiger partial charge in [0.15, 0.2) is 0 Å². The number of phenolic OH excluding ortho intramolecular Hbond substituents is 1. The van der Waals surface area contributed by atoms with Crippen LogP contribution in [0.4, 0.5) is 0 Å². The van der Waals surface area contributed by atoms with Crippen LogP contribution in [0.2, 0.25) is 5.02 Å². The summed E-state index contributed by atoms with van der Waals surface area (Å²) in [5.74, 6) is 0.715. The minimum absolute atomic E-state index is 0. The van der Waals surface area contributed by atoms with Gasteiger partial charge in [-0.15, -0.1) is 12.4 Å². The SMILES string of the molecule is Cl.N[C@H](c1ccc(O)c(Cl)c1)C1CCC1. The van der Waals surface area contributed by atoms with Gasteiger partial charge in [-0.1, -0.05) is 24.1 Å². The number of aromatic hydroxyl groups is 1. The fourth-order valence-corrected chi connectivity index (χ4v) is 1.99. The van der Waals surface area contributed by atoms with Gasteiger partial charge in [-0.3, -0.25) is 0 Å². The van der Waals surface area contributed by atoms with Gasteiger partial charge in [0.25, 0.3) is 0 Å². The fraction of sp³-hybridized carbons (Fsp3) is 0.455. The topological polar surface area (TPSA) is 46.2 Å².